The third kappa shape index (κ3) is 7.98. The number of carbonyl (C=O) groups is 2. The first-order valence-electron chi connectivity index (χ1n) is 11.8. The SMILES string of the molecule is CC(F)(F)c1ccnc(CNC(=O)c2cn(CCC(F)Cn3cc(NC(=O)CN4CC(F)(F)C4)nn3)nn2)c1. The number of hydrogen-bond donors (Lipinski definition) is 2. The highest BCUT2D eigenvalue weighted by atomic mass is 19.3. The molecule has 0 aliphatic carbocycles. The van der Waals surface area contributed by atoms with Crippen molar-refractivity contribution in [1.29, 1.82) is 0 Å². The van der Waals surface area contributed by atoms with E-state index in [0.717, 1.165) is 6.92 Å². The minimum absolute atomic E-state index is 0.00289. The minimum atomic E-state index is -3.04. The van der Waals surface area contributed by atoms with E-state index in [-0.39, 0.29) is 55.4 Å². The molecule has 4 heterocycles. The molecular weight excluding hydrogens is 531 g/mol. The number of nitrogens with one attached hydrogen (secondary N) is 2. The Morgan fingerprint density at radius 3 is 2.62 bits per heavy atom. The van der Waals surface area contributed by atoms with Gasteiger partial charge in [-0.2, -0.15) is 0 Å². The molecule has 2 N–H and O–H groups in total. The molecule has 17 heteroatoms. The predicted octanol–water partition coefficient (Wildman–Crippen LogP) is 1.62. The van der Waals surface area contributed by atoms with E-state index in [1.165, 1.54) is 45.0 Å². The summed E-state index contributed by atoms with van der Waals surface area (Å²) in [6, 6.07) is 2.39. The maximum Gasteiger partial charge on any atom is 0.273 e. The van der Waals surface area contributed by atoms with Gasteiger partial charge in [-0.15, -0.1) is 10.2 Å². The van der Waals surface area contributed by atoms with E-state index in [2.05, 4.69) is 36.2 Å². The Bertz CT molecular complexity index is 1300. The highest BCUT2D eigenvalue weighted by Gasteiger charge is 2.44. The van der Waals surface area contributed by atoms with Crippen LogP contribution in [0, 0.1) is 0 Å². The molecule has 12 nitrogen and oxygen atoms in total. The van der Waals surface area contributed by atoms with Gasteiger partial charge in [0.15, 0.2) is 11.5 Å². The molecule has 0 aromatic carbocycles. The molecule has 210 valence electrons. The predicted molar refractivity (Wildman–Crippen MR) is 125 cm³/mol. The summed E-state index contributed by atoms with van der Waals surface area (Å²) in [4.78, 5) is 29.5. The molecule has 2 amide bonds. The van der Waals surface area contributed by atoms with Crippen molar-refractivity contribution in [1.82, 2.24) is 45.2 Å². The van der Waals surface area contributed by atoms with Crippen LogP contribution in [-0.4, -0.2) is 83.4 Å². The Balaban J connectivity index is 1.18. The number of carbonyl (C=O) groups excluding carboxylic acids is 2. The van der Waals surface area contributed by atoms with Gasteiger partial charge in [0.1, 0.15) is 6.17 Å². The molecule has 39 heavy (non-hydrogen) atoms. The summed E-state index contributed by atoms with van der Waals surface area (Å²) >= 11 is 0. The van der Waals surface area contributed by atoms with Gasteiger partial charge in [0.25, 0.3) is 17.8 Å². The summed E-state index contributed by atoms with van der Waals surface area (Å²) in [5.74, 6) is -6.88. The van der Waals surface area contributed by atoms with Crippen molar-refractivity contribution in [3.05, 3.63) is 47.7 Å². The van der Waals surface area contributed by atoms with Gasteiger partial charge in [0.2, 0.25) is 5.91 Å². The topological polar surface area (TPSA) is 136 Å². The van der Waals surface area contributed by atoms with E-state index >= 15 is 0 Å². The lowest BCUT2D eigenvalue weighted by Gasteiger charge is -2.37. The third-order valence-corrected chi connectivity index (χ3v) is 5.66. The van der Waals surface area contributed by atoms with Gasteiger partial charge < -0.3 is 10.6 Å². The highest BCUT2D eigenvalue weighted by molar-refractivity contribution is 5.92. The van der Waals surface area contributed by atoms with E-state index in [4.69, 9.17) is 0 Å². The fourth-order valence-corrected chi connectivity index (χ4v) is 3.74. The first kappa shape index (κ1) is 28.0. The Morgan fingerprint density at radius 1 is 1.15 bits per heavy atom. The lowest BCUT2D eigenvalue weighted by Crippen LogP contribution is -2.57. The van der Waals surface area contributed by atoms with Gasteiger partial charge in [-0.3, -0.25) is 24.2 Å². The van der Waals surface area contributed by atoms with E-state index in [0.29, 0.717) is 0 Å². The molecule has 3 aromatic rings. The Hall–Kier alpha value is -4.02. The van der Waals surface area contributed by atoms with Crippen LogP contribution in [0.2, 0.25) is 0 Å². The summed E-state index contributed by atoms with van der Waals surface area (Å²) in [5.41, 5.74) is -0.0233. The van der Waals surface area contributed by atoms with Gasteiger partial charge in [0.05, 0.1) is 50.8 Å². The van der Waals surface area contributed by atoms with Crippen LogP contribution in [0.3, 0.4) is 0 Å². The summed E-state index contributed by atoms with van der Waals surface area (Å²) < 4.78 is 69.6. The van der Waals surface area contributed by atoms with Crippen LogP contribution < -0.4 is 10.6 Å². The summed E-state index contributed by atoms with van der Waals surface area (Å²) in [6.07, 6.45) is 2.49. The van der Waals surface area contributed by atoms with Crippen molar-refractivity contribution in [2.75, 3.05) is 25.0 Å². The zero-order chi connectivity index (χ0) is 28.2. The van der Waals surface area contributed by atoms with Crippen molar-refractivity contribution < 1.29 is 31.5 Å². The number of amides is 2. The van der Waals surface area contributed by atoms with Gasteiger partial charge in [0, 0.05) is 31.6 Å². The van der Waals surface area contributed by atoms with Crippen LogP contribution in [0.25, 0.3) is 0 Å². The van der Waals surface area contributed by atoms with Crippen molar-refractivity contribution in [3.63, 3.8) is 0 Å². The molecule has 3 aromatic heterocycles. The van der Waals surface area contributed by atoms with Crippen LogP contribution in [0.15, 0.2) is 30.7 Å². The normalized spacial score (nSPS) is 15.9. The molecule has 0 bridgehead atoms. The standard InChI is InChI=1S/C22H25F5N10O2/c1-21(24,25)14-2-4-28-16(6-14)7-29-20(39)17-9-36(33-31-17)5-3-15(23)8-37-10-18(32-34-37)30-19(38)11-35-12-22(26,27)13-35/h2,4,6,9-10,15H,3,5,7-8,11-13H2,1H3,(H,29,39)(H,30,38). The number of hydrogen-bond acceptors (Lipinski definition) is 8. The fourth-order valence-electron chi connectivity index (χ4n) is 3.74. The monoisotopic (exact) mass is 556 g/mol. The van der Waals surface area contributed by atoms with Crippen molar-refractivity contribution in [2.45, 2.75) is 51.0 Å². The van der Waals surface area contributed by atoms with Crippen LogP contribution in [0.1, 0.15) is 35.1 Å². The number of aromatic nitrogens is 7. The summed E-state index contributed by atoms with van der Waals surface area (Å²) in [7, 11) is 0. The van der Waals surface area contributed by atoms with Crippen molar-refractivity contribution in [3.8, 4) is 0 Å². The quantitative estimate of drug-likeness (QED) is 0.322. The Kier molecular flexibility index (Phi) is 8.17. The molecule has 0 radical (unpaired) electrons. The Morgan fingerprint density at radius 2 is 1.90 bits per heavy atom. The zero-order valence-corrected chi connectivity index (χ0v) is 20.7. The molecule has 0 saturated carbocycles. The molecule has 1 atom stereocenters. The molecule has 1 unspecified atom stereocenters. The molecule has 4 rings (SSSR count). The van der Waals surface area contributed by atoms with Crippen LogP contribution in [0.4, 0.5) is 27.8 Å². The first-order valence-corrected chi connectivity index (χ1v) is 11.8. The summed E-state index contributed by atoms with van der Waals surface area (Å²) in [5, 5.41) is 19.9. The molecule has 1 saturated heterocycles. The van der Waals surface area contributed by atoms with Crippen LogP contribution >= 0.6 is 0 Å². The number of aryl methyl sites for hydroxylation is 1. The molecule has 1 fully saturated rings. The van der Waals surface area contributed by atoms with Crippen molar-refractivity contribution in [2.24, 2.45) is 0 Å². The molecular formula is C22H25F5N10O2. The largest absolute Gasteiger partial charge is 0.345 e. The first-order chi connectivity index (χ1) is 18.4. The van der Waals surface area contributed by atoms with E-state index in [9.17, 15) is 31.5 Å². The smallest absolute Gasteiger partial charge is 0.273 e. The number of alkyl halides is 5. The number of anilines is 1. The van der Waals surface area contributed by atoms with E-state index < -0.39 is 42.9 Å². The van der Waals surface area contributed by atoms with Crippen LogP contribution in [-0.2, 0) is 30.4 Å². The van der Waals surface area contributed by atoms with Gasteiger partial charge in [-0.05, 0) is 12.1 Å². The number of pyridine rings is 1. The molecule has 1 aliphatic heterocycles. The maximum atomic E-state index is 14.5. The third-order valence-electron chi connectivity index (χ3n) is 5.66. The van der Waals surface area contributed by atoms with Crippen LogP contribution in [0.5, 0.6) is 0 Å². The van der Waals surface area contributed by atoms with Gasteiger partial charge in [-0.1, -0.05) is 10.4 Å². The zero-order valence-electron chi connectivity index (χ0n) is 20.7. The maximum absolute atomic E-state index is 14.5. The highest BCUT2D eigenvalue weighted by Crippen LogP contribution is 2.27. The van der Waals surface area contributed by atoms with E-state index in [1.807, 2.05) is 0 Å². The Labute approximate surface area is 218 Å². The number of nitrogens with zero attached hydrogens (tertiary/aromatic N) is 8. The second-order valence-corrected chi connectivity index (χ2v) is 9.23. The molecule has 1 aliphatic rings. The number of halogens is 5. The number of rotatable bonds is 12. The number of likely N-dealkylation sites (tertiary alicyclic amines) is 1. The second-order valence-electron chi connectivity index (χ2n) is 9.23. The summed E-state index contributed by atoms with van der Waals surface area (Å²) in [6.45, 7) is -0.599. The van der Waals surface area contributed by atoms with E-state index in [1.54, 1.807) is 0 Å². The molecule has 0 spiro atoms. The lowest BCUT2D eigenvalue weighted by atomic mass is 10.1. The average molecular weight is 557 g/mol. The average Bonchev–Trinajstić information content (AvgIpc) is 3.49. The van der Waals surface area contributed by atoms with Crippen molar-refractivity contribution >= 4 is 17.6 Å². The lowest BCUT2D eigenvalue weighted by molar-refractivity contribution is -0.141. The second kappa shape index (κ2) is 11.4. The van der Waals surface area contributed by atoms with Gasteiger partial charge in [-0.25, -0.2) is 26.6 Å². The minimum Gasteiger partial charge on any atom is -0.345 e. The fraction of sp³-hybridized carbons (Fsp3) is 0.500. The van der Waals surface area contributed by atoms with Gasteiger partial charge >= 0.3 is 0 Å².